The normalized spacial score (nSPS) is 12.3. The zero-order chi connectivity index (χ0) is 14.8. The molecule has 21 heavy (non-hydrogen) atoms. The summed E-state index contributed by atoms with van der Waals surface area (Å²) in [4.78, 5) is 11.9. The summed E-state index contributed by atoms with van der Waals surface area (Å²) in [5.74, 6) is 0.643. The molecule has 0 N–H and O–H groups in total. The maximum Gasteiger partial charge on any atom is 0.338 e. The SMILES string of the molecule is O=C(OCc1cc(Cl)c2c(c1)OCO2)c1ccc(Cl)cc1. The average molecular weight is 325 g/mol. The summed E-state index contributed by atoms with van der Waals surface area (Å²) in [6.45, 7) is 0.237. The van der Waals surface area contributed by atoms with Crippen molar-refractivity contribution in [1.82, 2.24) is 0 Å². The van der Waals surface area contributed by atoms with Crippen LogP contribution in [0.25, 0.3) is 0 Å². The average Bonchev–Trinajstić information content (AvgIpc) is 2.94. The lowest BCUT2D eigenvalue weighted by Gasteiger charge is -2.07. The Kier molecular flexibility index (Phi) is 3.90. The van der Waals surface area contributed by atoms with Gasteiger partial charge in [0.2, 0.25) is 6.79 Å². The van der Waals surface area contributed by atoms with Crippen molar-refractivity contribution in [2.24, 2.45) is 0 Å². The molecule has 1 aliphatic heterocycles. The molecule has 0 radical (unpaired) electrons. The summed E-state index contributed by atoms with van der Waals surface area (Å²) >= 11 is 11.8. The van der Waals surface area contributed by atoms with Gasteiger partial charge in [0.1, 0.15) is 6.61 Å². The molecule has 1 aliphatic rings. The van der Waals surface area contributed by atoms with Crippen LogP contribution in [-0.4, -0.2) is 12.8 Å². The molecule has 0 fully saturated rings. The smallest absolute Gasteiger partial charge is 0.338 e. The molecule has 0 saturated carbocycles. The molecule has 0 amide bonds. The number of rotatable bonds is 3. The first-order chi connectivity index (χ1) is 10.1. The van der Waals surface area contributed by atoms with Gasteiger partial charge in [-0.25, -0.2) is 4.79 Å². The highest BCUT2D eigenvalue weighted by molar-refractivity contribution is 6.32. The summed E-state index contributed by atoms with van der Waals surface area (Å²) < 4.78 is 15.7. The first kappa shape index (κ1) is 14.0. The largest absolute Gasteiger partial charge is 0.457 e. The molecule has 0 saturated heterocycles. The third-order valence-corrected chi connectivity index (χ3v) is 3.47. The van der Waals surface area contributed by atoms with Gasteiger partial charge in [-0.2, -0.15) is 0 Å². The van der Waals surface area contributed by atoms with E-state index in [-0.39, 0.29) is 13.4 Å². The van der Waals surface area contributed by atoms with Crippen LogP contribution >= 0.6 is 23.2 Å². The van der Waals surface area contributed by atoms with Crippen LogP contribution in [0.5, 0.6) is 11.5 Å². The van der Waals surface area contributed by atoms with Crippen molar-refractivity contribution in [2.45, 2.75) is 6.61 Å². The second-order valence-electron chi connectivity index (χ2n) is 4.39. The molecule has 0 spiro atoms. The van der Waals surface area contributed by atoms with Crippen LogP contribution in [0.15, 0.2) is 36.4 Å². The highest BCUT2D eigenvalue weighted by atomic mass is 35.5. The first-order valence-corrected chi connectivity index (χ1v) is 6.90. The topological polar surface area (TPSA) is 44.8 Å². The van der Waals surface area contributed by atoms with E-state index in [9.17, 15) is 4.79 Å². The predicted molar refractivity (Wildman–Crippen MR) is 78.1 cm³/mol. The molecule has 6 heteroatoms. The van der Waals surface area contributed by atoms with E-state index in [0.717, 1.165) is 5.56 Å². The van der Waals surface area contributed by atoms with Crippen molar-refractivity contribution in [2.75, 3.05) is 6.79 Å². The number of ether oxygens (including phenoxy) is 3. The van der Waals surface area contributed by atoms with Crippen molar-refractivity contribution in [3.05, 3.63) is 57.6 Å². The van der Waals surface area contributed by atoms with Gasteiger partial charge in [-0.3, -0.25) is 0 Å². The minimum atomic E-state index is -0.430. The Morgan fingerprint density at radius 2 is 1.90 bits per heavy atom. The highest BCUT2D eigenvalue weighted by Gasteiger charge is 2.18. The minimum Gasteiger partial charge on any atom is -0.457 e. The lowest BCUT2D eigenvalue weighted by Crippen LogP contribution is -2.05. The molecule has 1 heterocycles. The van der Waals surface area contributed by atoms with Crippen LogP contribution in [-0.2, 0) is 11.3 Å². The number of carbonyl (C=O) groups is 1. The maximum absolute atomic E-state index is 11.9. The lowest BCUT2D eigenvalue weighted by molar-refractivity contribution is 0.0472. The molecule has 2 aromatic carbocycles. The number of fused-ring (bicyclic) bond motifs is 1. The molecule has 0 bridgehead atoms. The van der Waals surface area contributed by atoms with E-state index < -0.39 is 5.97 Å². The van der Waals surface area contributed by atoms with E-state index in [0.29, 0.717) is 27.1 Å². The molecule has 0 atom stereocenters. The summed E-state index contributed by atoms with van der Waals surface area (Å²) in [7, 11) is 0. The summed E-state index contributed by atoms with van der Waals surface area (Å²) in [5, 5.41) is 0.997. The van der Waals surface area contributed by atoms with Gasteiger partial charge in [0, 0.05) is 5.02 Å². The lowest BCUT2D eigenvalue weighted by atomic mass is 10.2. The number of carbonyl (C=O) groups excluding carboxylic acids is 1. The number of hydrogen-bond donors (Lipinski definition) is 0. The van der Waals surface area contributed by atoms with Crippen molar-refractivity contribution >= 4 is 29.2 Å². The fourth-order valence-corrected chi connectivity index (χ4v) is 2.34. The molecule has 4 nitrogen and oxygen atoms in total. The highest BCUT2D eigenvalue weighted by Crippen LogP contribution is 2.39. The van der Waals surface area contributed by atoms with Gasteiger partial charge in [0.25, 0.3) is 0 Å². The van der Waals surface area contributed by atoms with Gasteiger partial charge in [-0.1, -0.05) is 23.2 Å². The summed E-state index contributed by atoms with van der Waals surface area (Å²) in [6.07, 6.45) is 0. The van der Waals surface area contributed by atoms with E-state index in [1.807, 2.05) is 0 Å². The molecular formula is C15H10Cl2O4. The molecule has 0 unspecified atom stereocenters. The van der Waals surface area contributed by atoms with Gasteiger partial charge in [-0.05, 0) is 42.0 Å². The second-order valence-corrected chi connectivity index (χ2v) is 5.24. The third-order valence-electron chi connectivity index (χ3n) is 2.94. The second kappa shape index (κ2) is 5.84. The van der Waals surface area contributed by atoms with Crippen LogP contribution in [0.2, 0.25) is 10.0 Å². The molecule has 3 rings (SSSR count). The fourth-order valence-electron chi connectivity index (χ4n) is 1.92. The van der Waals surface area contributed by atoms with Gasteiger partial charge < -0.3 is 14.2 Å². The van der Waals surface area contributed by atoms with Crippen molar-refractivity contribution in [3.63, 3.8) is 0 Å². The Labute approximate surface area is 131 Å². The maximum atomic E-state index is 11.9. The standard InChI is InChI=1S/C15H10Cl2O4/c16-11-3-1-10(2-4-11)15(18)19-7-9-5-12(17)14-13(6-9)20-8-21-14/h1-6H,7-8H2. The van der Waals surface area contributed by atoms with Crippen molar-refractivity contribution < 1.29 is 19.0 Å². The van der Waals surface area contributed by atoms with Crippen molar-refractivity contribution in [3.8, 4) is 11.5 Å². The Balaban J connectivity index is 1.69. The van der Waals surface area contributed by atoms with E-state index in [1.54, 1.807) is 36.4 Å². The van der Waals surface area contributed by atoms with E-state index in [1.165, 1.54) is 0 Å². The Hall–Kier alpha value is -1.91. The van der Waals surface area contributed by atoms with E-state index in [2.05, 4.69) is 0 Å². The van der Waals surface area contributed by atoms with Gasteiger partial charge >= 0.3 is 5.97 Å². The minimum absolute atomic E-state index is 0.0951. The summed E-state index contributed by atoms with van der Waals surface area (Å²) in [5.41, 5.74) is 1.16. The third kappa shape index (κ3) is 3.06. The Morgan fingerprint density at radius 1 is 1.14 bits per heavy atom. The monoisotopic (exact) mass is 324 g/mol. The predicted octanol–water partition coefficient (Wildman–Crippen LogP) is 4.08. The van der Waals surface area contributed by atoms with Crippen molar-refractivity contribution in [1.29, 1.82) is 0 Å². The quantitative estimate of drug-likeness (QED) is 0.798. The van der Waals surface area contributed by atoms with Crippen LogP contribution < -0.4 is 9.47 Å². The Morgan fingerprint density at radius 3 is 2.67 bits per heavy atom. The van der Waals surface area contributed by atoms with Crippen LogP contribution in [0.3, 0.4) is 0 Å². The zero-order valence-electron chi connectivity index (χ0n) is 10.8. The number of benzene rings is 2. The molecule has 2 aromatic rings. The summed E-state index contributed by atoms with van der Waals surface area (Å²) in [6, 6.07) is 9.91. The molecular weight excluding hydrogens is 315 g/mol. The Bertz CT molecular complexity index is 683. The van der Waals surface area contributed by atoms with Crippen LogP contribution in [0.1, 0.15) is 15.9 Å². The van der Waals surface area contributed by atoms with Crippen LogP contribution in [0, 0.1) is 0 Å². The van der Waals surface area contributed by atoms with Gasteiger partial charge in [0.05, 0.1) is 10.6 Å². The first-order valence-electron chi connectivity index (χ1n) is 6.14. The molecule has 0 aromatic heterocycles. The fraction of sp³-hybridized carbons (Fsp3) is 0.133. The zero-order valence-corrected chi connectivity index (χ0v) is 12.3. The number of halogens is 2. The number of hydrogen-bond acceptors (Lipinski definition) is 4. The van der Waals surface area contributed by atoms with E-state index in [4.69, 9.17) is 37.4 Å². The van der Waals surface area contributed by atoms with Gasteiger partial charge in [-0.15, -0.1) is 0 Å². The molecule has 0 aliphatic carbocycles. The van der Waals surface area contributed by atoms with Gasteiger partial charge in [0.15, 0.2) is 11.5 Å². The van der Waals surface area contributed by atoms with Crippen LogP contribution in [0.4, 0.5) is 0 Å². The number of esters is 1. The van der Waals surface area contributed by atoms with E-state index >= 15 is 0 Å². The molecule has 108 valence electrons.